The second-order valence-electron chi connectivity index (χ2n) is 10.9. The highest BCUT2D eigenvalue weighted by atomic mass is 28.4. The molecule has 2 heteroatoms. The zero-order valence-corrected chi connectivity index (χ0v) is 19.5. The first-order chi connectivity index (χ1) is 13.4. The summed E-state index contributed by atoms with van der Waals surface area (Å²) in [6, 6.07) is 0. The van der Waals surface area contributed by atoms with Gasteiger partial charge in [-0.3, -0.25) is 0 Å². The van der Waals surface area contributed by atoms with Crippen molar-refractivity contribution >= 4 is 8.32 Å². The lowest BCUT2D eigenvalue weighted by Crippen LogP contribution is -2.38. The Labute approximate surface area is 174 Å². The lowest BCUT2D eigenvalue weighted by atomic mass is 9.60. The number of hydrogen-bond acceptors (Lipinski definition) is 1. The van der Waals surface area contributed by atoms with E-state index in [0.717, 1.165) is 42.6 Å². The molecule has 1 nitrogen and oxygen atoms in total. The van der Waals surface area contributed by atoms with Crippen molar-refractivity contribution in [3.8, 4) is 0 Å². The molecule has 0 spiro atoms. The third kappa shape index (κ3) is 3.92. The van der Waals surface area contributed by atoms with E-state index >= 15 is 0 Å². The number of hydrogen-bond donors (Lipinski definition) is 0. The minimum absolute atomic E-state index is 0.307. The van der Waals surface area contributed by atoms with Crippen LogP contribution in [-0.4, -0.2) is 14.9 Å². The molecule has 2 fully saturated rings. The Morgan fingerprint density at radius 2 is 1.71 bits per heavy atom. The van der Waals surface area contributed by atoms with E-state index < -0.39 is 8.32 Å². The molecule has 4 aliphatic rings. The molecule has 0 radical (unpaired) electrons. The van der Waals surface area contributed by atoms with Gasteiger partial charge in [-0.05, 0) is 86.7 Å². The fourth-order valence-electron chi connectivity index (χ4n) is 6.95. The van der Waals surface area contributed by atoms with Crippen molar-refractivity contribution in [3.63, 3.8) is 0 Å². The van der Waals surface area contributed by atoms with E-state index in [1.807, 2.05) is 0 Å². The van der Waals surface area contributed by atoms with Crippen molar-refractivity contribution in [2.24, 2.45) is 35.0 Å². The smallest absolute Gasteiger partial charge is 0.183 e. The van der Waals surface area contributed by atoms with Crippen LogP contribution in [0.25, 0.3) is 0 Å². The Balaban J connectivity index is 1.60. The van der Waals surface area contributed by atoms with E-state index in [4.69, 9.17) is 4.43 Å². The summed E-state index contributed by atoms with van der Waals surface area (Å²) in [5.74, 6) is 4.13. The fourth-order valence-corrected chi connectivity index (χ4v) is 7.71. The summed E-state index contributed by atoms with van der Waals surface area (Å²) >= 11 is 0. The standard InChI is InChI=1S/C26H40OSi/c1-26(20-12-5-6-13-20,18-11-19-27-28(2,3)4)25-23-16-9-7-14-21(23)22-15-8-10-17-24(22)25/h5-7,9,12,14,16,21-25H,8,10-11,13,15,17-19H2,1-4H3. The van der Waals surface area contributed by atoms with E-state index in [-0.39, 0.29) is 0 Å². The van der Waals surface area contributed by atoms with E-state index in [0.29, 0.717) is 5.41 Å². The predicted molar refractivity (Wildman–Crippen MR) is 123 cm³/mol. The lowest BCUT2D eigenvalue weighted by Gasteiger charge is -2.45. The first-order valence-corrected chi connectivity index (χ1v) is 15.2. The Morgan fingerprint density at radius 1 is 1.00 bits per heavy atom. The van der Waals surface area contributed by atoms with Gasteiger partial charge in [0, 0.05) is 6.61 Å². The van der Waals surface area contributed by atoms with Crippen LogP contribution in [0, 0.1) is 35.0 Å². The molecule has 4 rings (SSSR count). The van der Waals surface area contributed by atoms with E-state index in [2.05, 4.69) is 69.1 Å². The molecular formula is C26H40OSi. The Hall–Kier alpha value is -0.863. The molecule has 0 saturated heterocycles. The van der Waals surface area contributed by atoms with Crippen molar-refractivity contribution in [3.05, 3.63) is 48.1 Å². The van der Waals surface area contributed by atoms with Crippen LogP contribution in [0.5, 0.6) is 0 Å². The van der Waals surface area contributed by atoms with Gasteiger partial charge in [0.25, 0.3) is 0 Å². The van der Waals surface area contributed by atoms with Gasteiger partial charge in [-0.25, -0.2) is 0 Å². The van der Waals surface area contributed by atoms with Crippen molar-refractivity contribution < 1.29 is 4.43 Å². The van der Waals surface area contributed by atoms with E-state index in [1.165, 1.54) is 38.5 Å². The zero-order chi connectivity index (χ0) is 19.8. The van der Waals surface area contributed by atoms with Gasteiger partial charge < -0.3 is 4.43 Å². The zero-order valence-electron chi connectivity index (χ0n) is 18.5. The minimum atomic E-state index is -1.42. The van der Waals surface area contributed by atoms with E-state index in [9.17, 15) is 0 Å². The predicted octanol–water partition coefficient (Wildman–Crippen LogP) is 7.31. The molecule has 2 saturated carbocycles. The summed E-state index contributed by atoms with van der Waals surface area (Å²) in [6.07, 6.45) is 26.3. The van der Waals surface area contributed by atoms with Crippen molar-refractivity contribution in [1.82, 2.24) is 0 Å². The van der Waals surface area contributed by atoms with Gasteiger partial charge in [0.05, 0.1) is 0 Å². The number of fused-ring (bicyclic) bond motifs is 3. The van der Waals surface area contributed by atoms with Gasteiger partial charge in [-0.1, -0.05) is 67.9 Å². The highest BCUT2D eigenvalue weighted by molar-refractivity contribution is 6.69. The quantitative estimate of drug-likeness (QED) is 0.324. The summed E-state index contributed by atoms with van der Waals surface area (Å²) in [7, 11) is -1.42. The lowest BCUT2D eigenvalue weighted by molar-refractivity contribution is 0.0998. The van der Waals surface area contributed by atoms with Crippen LogP contribution >= 0.6 is 0 Å². The van der Waals surface area contributed by atoms with Crippen molar-refractivity contribution in [1.29, 1.82) is 0 Å². The van der Waals surface area contributed by atoms with Crippen LogP contribution in [0.4, 0.5) is 0 Å². The average Bonchev–Trinajstić information content (AvgIpc) is 3.31. The maximum Gasteiger partial charge on any atom is 0.183 e. The summed E-state index contributed by atoms with van der Waals surface area (Å²) in [5, 5.41) is 0. The monoisotopic (exact) mass is 396 g/mol. The largest absolute Gasteiger partial charge is 0.418 e. The van der Waals surface area contributed by atoms with Gasteiger partial charge in [0.1, 0.15) is 0 Å². The Kier molecular flexibility index (Phi) is 5.91. The molecule has 0 amide bonds. The summed E-state index contributed by atoms with van der Waals surface area (Å²) in [4.78, 5) is 0. The molecular weight excluding hydrogens is 356 g/mol. The molecule has 0 aromatic rings. The van der Waals surface area contributed by atoms with Crippen LogP contribution in [0.1, 0.15) is 51.9 Å². The van der Waals surface area contributed by atoms with Crippen molar-refractivity contribution in [2.75, 3.05) is 6.61 Å². The molecule has 28 heavy (non-hydrogen) atoms. The average molecular weight is 397 g/mol. The van der Waals surface area contributed by atoms with Crippen LogP contribution in [0.15, 0.2) is 48.1 Å². The van der Waals surface area contributed by atoms with Gasteiger partial charge >= 0.3 is 0 Å². The SMILES string of the molecule is CC(CCCO[Si](C)(C)C)(C1=CC=CC1)C1C2C=CC=CC2C2CCCCC21. The maximum absolute atomic E-state index is 6.24. The molecule has 0 aromatic carbocycles. The summed E-state index contributed by atoms with van der Waals surface area (Å²) in [5.41, 5.74) is 2.00. The second-order valence-corrected chi connectivity index (χ2v) is 15.4. The fraction of sp³-hybridized carbons (Fsp3) is 0.692. The van der Waals surface area contributed by atoms with Crippen LogP contribution in [0.2, 0.25) is 19.6 Å². The molecule has 154 valence electrons. The molecule has 0 heterocycles. The van der Waals surface area contributed by atoms with Gasteiger partial charge in [0.15, 0.2) is 8.32 Å². The number of allylic oxidation sites excluding steroid dienone is 8. The molecule has 0 aromatic heterocycles. The Morgan fingerprint density at radius 3 is 2.39 bits per heavy atom. The summed E-state index contributed by atoms with van der Waals surface area (Å²) in [6.45, 7) is 10.5. The van der Waals surface area contributed by atoms with E-state index in [1.54, 1.807) is 5.57 Å². The topological polar surface area (TPSA) is 9.23 Å². The van der Waals surface area contributed by atoms with Crippen LogP contribution in [-0.2, 0) is 4.43 Å². The maximum atomic E-state index is 6.24. The molecule has 6 unspecified atom stereocenters. The highest BCUT2D eigenvalue weighted by Crippen LogP contribution is 2.62. The third-order valence-corrected chi connectivity index (χ3v) is 9.15. The second kappa shape index (κ2) is 8.11. The third-order valence-electron chi connectivity index (χ3n) is 8.08. The minimum Gasteiger partial charge on any atom is -0.418 e. The highest BCUT2D eigenvalue weighted by Gasteiger charge is 2.55. The van der Waals surface area contributed by atoms with Gasteiger partial charge in [0.2, 0.25) is 0 Å². The van der Waals surface area contributed by atoms with Crippen LogP contribution < -0.4 is 0 Å². The molecule has 6 atom stereocenters. The molecule has 4 aliphatic carbocycles. The summed E-state index contributed by atoms with van der Waals surface area (Å²) < 4.78 is 6.24. The Bertz CT molecular complexity index is 679. The first-order valence-electron chi connectivity index (χ1n) is 11.8. The molecule has 0 aliphatic heterocycles. The first kappa shape index (κ1) is 20.4. The number of rotatable bonds is 7. The normalized spacial score (nSPS) is 36.1. The van der Waals surface area contributed by atoms with Crippen molar-refractivity contribution in [2.45, 2.75) is 71.5 Å². The van der Waals surface area contributed by atoms with Gasteiger partial charge in [-0.15, -0.1) is 0 Å². The molecule has 0 N–H and O–H groups in total. The molecule has 0 bridgehead atoms. The van der Waals surface area contributed by atoms with Gasteiger partial charge in [-0.2, -0.15) is 0 Å². The van der Waals surface area contributed by atoms with Crippen LogP contribution in [0.3, 0.4) is 0 Å².